The maximum Gasteiger partial charge on any atom is 0.209 e. The molecule has 1 aliphatic heterocycles. The van der Waals surface area contributed by atoms with Gasteiger partial charge in [-0.15, -0.1) is 0 Å². The molecule has 1 aromatic carbocycles. The molecule has 6 nitrogen and oxygen atoms in total. The molecule has 1 N–H and O–H groups in total. The molecule has 0 atom stereocenters. The van der Waals surface area contributed by atoms with Crippen LogP contribution in [0.2, 0.25) is 0 Å². The first-order valence-corrected chi connectivity index (χ1v) is 9.77. The Kier molecular flexibility index (Phi) is 6.83. The van der Waals surface area contributed by atoms with E-state index in [9.17, 15) is 8.42 Å². The molecule has 1 saturated heterocycles. The van der Waals surface area contributed by atoms with Crippen molar-refractivity contribution >= 4 is 10.0 Å². The van der Waals surface area contributed by atoms with E-state index in [1.807, 2.05) is 24.3 Å². The number of benzene rings is 1. The van der Waals surface area contributed by atoms with Gasteiger partial charge in [0.15, 0.2) is 0 Å². The average Bonchev–Trinajstić information content (AvgIpc) is 2.53. The monoisotopic (exact) mass is 342 g/mol. The van der Waals surface area contributed by atoms with Crippen LogP contribution < -0.4 is 9.46 Å². The zero-order valence-corrected chi connectivity index (χ0v) is 14.6. The standard InChI is InChI=1S/C16H26N2O4S/c1-18(15-6-9-21-10-7-15)8-11-22-16-5-3-4-14(12-16)13-17-23(2,19)20/h3-5,12,15,17H,6-11,13H2,1-2H3. The fourth-order valence-electron chi connectivity index (χ4n) is 2.58. The summed E-state index contributed by atoms with van der Waals surface area (Å²) in [6, 6.07) is 8.07. The van der Waals surface area contributed by atoms with Gasteiger partial charge in [0.2, 0.25) is 10.0 Å². The predicted molar refractivity (Wildman–Crippen MR) is 90.1 cm³/mol. The van der Waals surface area contributed by atoms with E-state index in [-0.39, 0.29) is 6.54 Å². The van der Waals surface area contributed by atoms with Gasteiger partial charge in [-0.25, -0.2) is 13.1 Å². The van der Waals surface area contributed by atoms with Gasteiger partial charge in [-0.1, -0.05) is 12.1 Å². The Morgan fingerprint density at radius 2 is 2.09 bits per heavy atom. The molecule has 0 spiro atoms. The Labute approximate surface area is 138 Å². The Morgan fingerprint density at radius 1 is 1.35 bits per heavy atom. The normalized spacial score (nSPS) is 16.7. The molecule has 130 valence electrons. The summed E-state index contributed by atoms with van der Waals surface area (Å²) >= 11 is 0. The van der Waals surface area contributed by atoms with E-state index in [1.165, 1.54) is 0 Å². The molecule has 0 saturated carbocycles. The van der Waals surface area contributed by atoms with E-state index in [2.05, 4.69) is 16.7 Å². The lowest BCUT2D eigenvalue weighted by Crippen LogP contribution is -2.38. The molecule has 1 aromatic rings. The Bertz CT molecular complexity index is 585. The highest BCUT2D eigenvalue weighted by molar-refractivity contribution is 7.88. The van der Waals surface area contributed by atoms with Crippen molar-refractivity contribution in [3.05, 3.63) is 29.8 Å². The maximum absolute atomic E-state index is 11.1. The van der Waals surface area contributed by atoms with Crippen LogP contribution in [0.3, 0.4) is 0 Å². The fraction of sp³-hybridized carbons (Fsp3) is 0.625. The second-order valence-electron chi connectivity index (χ2n) is 5.91. The van der Waals surface area contributed by atoms with E-state index in [0.717, 1.165) is 50.2 Å². The second-order valence-corrected chi connectivity index (χ2v) is 7.75. The van der Waals surface area contributed by atoms with Gasteiger partial charge in [0.1, 0.15) is 12.4 Å². The molecule has 0 amide bonds. The zero-order chi connectivity index (χ0) is 16.7. The molecular formula is C16H26N2O4S. The van der Waals surface area contributed by atoms with Crippen molar-refractivity contribution in [1.82, 2.24) is 9.62 Å². The van der Waals surface area contributed by atoms with Crippen molar-refractivity contribution in [2.45, 2.75) is 25.4 Å². The summed E-state index contributed by atoms with van der Waals surface area (Å²) in [6.45, 7) is 3.42. The third-order valence-corrected chi connectivity index (χ3v) is 4.63. The molecule has 0 aliphatic carbocycles. The highest BCUT2D eigenvalue weighted by Gasteiger charge is 2.17. The molecule has 0 aromatic heterocycles. The highest BCUT2D eigenvalue weighted by Crippen LogP contribution is 2.15. The number of likely N-dealkylation sites (N-methyl/N-ethyl adjacent to an activating group) is 1. The topological polar surface area (TPSA) is 67.9 Å². The third-order valence-electron chi connectivity index (χ3n) is 3.96. The lowest BCUT2D eigenvalue weighted by Gasteiger charge is -2.31. The zero-order valence-electron chi connectivity index (χ0n) is 13.8. The van der Waals surface area contributed by atoms with Crippen LogP contribution in [0.25, 0.3) is 0 Å². The van der Waals surface area contributed by atoms with Crippen molar-refractivity contribution in [1.29, 1.82) is 0 Å². The van der Waals surface area contributed by atoms with Gasteiger partial charge in [0.25, 0.3) is 0 Å². The molecule has 2 rings (SSSR count). The number of hydrogen-bond acceptors (Lipinski definition) is 5. The van der Waals surface area contributed by atoms with Gasteiger partial charge in [-0.2, -0.15) is 0 Å². The van der Waals surface area contributed by atoms with Crippen molar-refractivity contribution in [2.75, 3.05) is 39.7 Å². The molecule has 0 bridgehead atoms. The van der Waals surface area contributed by atoms with Gasteiger partial charge < -0.3 is 9.47 Å². The van der Waals surface area contributed by atoms with E-state index in [4.69, 9.17) is 9.47 Å². The maximum atomic E-state index is 11.1. The summed E-state index contributed by atoms with van der Waals surface area (Å²) < 4.78 is 35.9. The van der Waals surface area contributed by atoms with E-state index in [1.54, 1.807) is 0 Å². The summed E-state index contributed by atoms with van der Waals surface area (Å²) in [4.78, 5) is 2.32. The first kappa shape index (κ1) is 18.2. The minimum Gasteiger partial charge on any atom is -0.492 e. The molecule has 1 heterocycles. The van der Waals surface area contributed by atoms with Crippen molar-refractivity contribution in [3.8, 4) is 5.75 Å². The number of nitrogens with one attached hydrogen (secondary N) is 1. The predicted octanol–water partition coefficient (Wildman–Crippen LogP) is 1.23. The molecule has 1 aliphatic rings. The Balaban J connectivity index is 1.76. The van der Waals surface area contributed by atoms with Gasteiger partial charge in [0, 0.05) is 32.3 Å². The van der Waals surface area contributed by atoms with Crippen molar-refractivity contribution in [2.24, 2.45) is 0 Å². The van der Waals surface area contributed by atoms with Crippen LogP contribution in [-0.4, -0.2) is 59.0 Å². The molecule has 1 fully saturated rings. The largest absolute Gasteiger partial charge is 0.492 e. The third kappa shape index (κ3) is 6.87. The van der Waals surface area contributed by atoms with Crippen LogP contribution in [0, 0.1) is 0 Å². The van der Waals surface area contributed by atoms with Gasteiger partial charge in [0.05, 0.1) is 6.26 Å². The summed E-state index contributed by atoms with van der Waals surface area (Å²) in [6.07, 6.45) is 3.30. The second kappa shape index (κ2) is 8.63. The van der Waals surface area contributed by atoms with Crippen LogP contribution in [-0.2, 0) is 21.3 Å². The number of ether oxygens (including phenoxy) is 2. The first-order valence-electron chi connectivity index (χ1n) is 7.88. The van der Waals surface area contributed by atoms with Gasteiger partial charge in [-0.3, -0.25) is 4.90 Å². The molecular weight excluding hydrogens is 316 g/mol. The minimum absolute atomic E-state index is 0.276. The van der Waals surface area contributed by atoms with Crippen LogP contribution in [0.5, 0.6) is 5.75 Å². The molecule has 0 radical (unpaired) electrons. The minimum atomic E-state index is -3.18. The number of nitrogens with zero attached hydrogens (tertiary/aromatic N) is 1. The highest BCUT2D eigenvalue weighted by atomic mass is 32.2. The Morgan fingerprint density at radius 3 is 2.78 bits per heavy atom. The van der Waals surface area contributed by atoms with Crippen LogP contribution in [0.4, 0.5) is 0 Å². The first-order chi connectivity index (χ1) is 10.9. The SMILES string of the molecule is CN(CCOc1cccc(CNS(C)(=O)=O)c1)C1CCOCC1. The van der Waals surface area contributed by atoms with Crippen molar-refractivity contribution in [3.63, 3.8) is 0 Å². The summed E-state index contributed by atoms with van der Waals surface area (Å²) in [7, 11) is -1.07. The summed E-state index contributed by atoms with van der Waals surface area (Å²) in [5, 5.41) is 0. The van der Waals surface area contributed by atoms with Crippen molar-refractivity contribution < 1.29 is 17.9 Å². The van der Waals surface area contributed by atoms with Gasteiger partial charge >= 0.3 is 0 Å². The average molecular weight is 342 g/mol. The molecule has 7 heteroatoms. The number of sulfonamides is 1. The quantitative estimate of drug-likeness (QED) is 0.769. The van der Waals surface area contributed by atoms with Gasteiger partial charge in [-0.05, 0) is 37.6 Å². The van der Waals surface area contributed by atoms with Crippen LogP contribution in [0.15, 0.2) is 24.3 Å². The Hall–Kier alpha value is -1.15. The lowest BCUT2D eigenvalue weighted by molar-refractivity contribution is 0.0392. The summed E-state index contributed by atoms with van der Waals surface area (Å²) in [5.74, 6) is 0.762. The summed E-state index contributed by atoms with van der Waals surface area (Å²) in [5.41, 5.74) is 0.880. The van der Waals surface area contributed by atoms with E-state index >= 15 is 0 Å². The van der Waals surface area contributed by atoms with Crippen LogP contribution in [0.1, 0.15) is 18.4 Å². The molecule has 23 heavy (non-hydrogen) atoms. The number of hydrogen-bond donors (Lipinski definition) is 1. The number of rotatable bonds is 8. The van der Waals surface area contributed by atoms with E-state index in [0.29, 0.717) is 12.6 Å². The molecule has 0 unspecified atom stereocenters. The van der Waals surface area contributed by atoms with E-state index < -0.39 is 10.0 Å². The smallest absolute Gasteiger partial charge is 0.209 e. The fourth-order valence-corrected chi connectivity index (χ4v) is 3.00. The van der Waals surface area contributed by atoms with Crippen LogP contribution >= 0.6 is 0 Å². The lowest BCUT2D eigenvalue weighted by atomic mass is 10.1.